The van der Waals surface area contributed by atoms with Crippen molar-refractivity contribution in [3.05, 3.63) is 59.5 Å². The third kappa shape index (κ3) is 4.23. The van der Waals surface area contributed by atoms with Gasteiger partial charge < -0.3 is 9.64 Å². The molecule has 0 unspecified atom stereocenters. The van der Waals surface area contributed by atoms with E-state index in [4.69, 9.17) is 11.6 Å². The lowest BCUT2D eigenvalue weighted by atomic mass is 9.91. The quantitative estimate of drug-likeness (QED) is 0.635. The lowest BCUT2D eigenvalue weighted by Crippen LogP contribution is -2.53. The molecule has 3 fully saturated rings. The van der Waals surface area contributed by atoms with Crippen LogP contribution in [0.15, 0.2) is 42.3 Å². The number of likely N-dealkylation sites (tertiary alicyclic amines) is 1. The normalized spacial score (nSPS) is 27.4. The smallest absolute Gasteiger partial charge is 0.252 e. The van der Waals surface area contributed by atoms with Gasteiger partial charge in [0.2, 0.25) is 16.0 Å². The predicted octanol–water partition coefficient (Wildman–Crippen LogP) is 3.17. The molecule has 1 N–H and O–H groups in total. The van der Waals surface area contributed by atoms with E-state index < -0.39 is 98.5 Å². The Kier molecular flexibility index (Phi) is 4.56. The van der Waals surface area contributed by atoms with E-state index >= 15 is 4.39 Å². The second kappa shape index (κ2) is 8.66. The molecule has 3 atom stereocenters. The number of alkyl halides is 1. The maximum Gasteiger partial charge on any atom is 0.252 e. The largest absolute Gasteiger partial charge is 0.368 e. The minimum Gasteiger partial charge on any atom is -0.368 e. The first-order valence-electron chi connectivity index (χ1n) is 13.3. The predicted molar refractivity (Wildman–Crippen MR) is 119 cm³/mol. The standard InChI is InChI=1S/C24H25F3N2O4S/c25-14-34(31,32)28-22-19(29(13-24(22)7-8-24)23(30)20-6-9-33-20)11-16-10-17(26)12-18(21(16)27)15-4-2-1-3-5-15/h1-5,10,12,19-20,22,28H,6-9,11,13-14H2/t19-,20+,22+/m0/s1/i1D,2D,3D,4D,5D. The van der Waals surface area contributed by atoms with Crippen molar-refractivity contribution >= 4 is 15.9 Å². The molecule has 2 heterocycles. The number of halogens is 3. The summed E-state index contributed by atoms with van der Waals surface area (Å²) in [5, 5.41) is 0. The lowest BCUT2D eigenvalue weighted by Gasteiger charge is -2.34. The van der Waals surface area contributed by atoms with E-state index in [1.165, 1.54) is 4.90 Å². The minimum absolute atomic E-state index is 0.128. The molecular formula is C24H25F3N2O4S. The van der Waals surface area contributed by atoms with Gasteiger partial charge in [0.1, 0.15) is 17.7 Å². The second-order valence-electron chi connectivity index (χ2n) is 8.99. The first-order chi connectivity index (χ1) is 18.3. The Morgan fingerprint density at radius 3 is 2.53 bits per heavy atom. The van der Waals surface area contributed by atoms with Crippen LogP contribution in [0.4, 0.5) is 13.2 Å². The maximum absolute atomic E-state index is 16.0. The van der Waals surface area contributed by atoms with Crippen LogP contribution in [0.2, 0.25) is 0 Å². The highest BCUT2D eigenvalue weighted by Crippen LogP contribution is 2.56. The Morgan fingerprint density at radius 1 is 1.24 bits per heavy atom. The van der Waals surface area contributed by atoms with Gasteiger partial charge in [-0.05, 0) is 42.5 Å². The van der Waals surface area contributed by atoms with Gasteiger partial charge in [-0.25, -0.2) is 26.3 Å². The van der Waals surface area contributed by atoms with Crippen molar-refractivity contribution < 1.29 is 38.0 Å². The summed E-state index contributed by atoms with van der Waals surface area (Å²) in [5.74, 6) is -2.47. The van der Waals surface area contributed by atoms with Crippen LogP contribution in [-0.2, 0) is 26.0 Å². The molecule has 2 aliphatic heterocycles. The highest BCUT2D eigenvalue weighted by atomic mass is 32.2. The monoisotopic (exact) mass is 499 g/mol. The molecule has 34 heavy (non-hydrogen) atoms. The van der Waals surface area contributed by atoms with Crippen LogP contribution in [0.3, 0.4) is 0 Å². The third-order valence-corrected chi connectivity index (χ3v) is 7.74. The van der Waals surface area contributed by atoms with Gasteiger partial charge in [0.25, 0.3) is 5.91 Å². The third-order valence-electron chi connectivity index (χ3n) is 6.84. The summed E-state index contributed by atoms with van der Waals surface area (Å²) in [7, 11) is -4.38. The fourth-order valence-corrected chi connectivity index (χ4v) is 5.73. The van der Waals surface area contributed by atoms with Crippen LogP contribution in [-0.4, -0.2) is 56.6 Å². The number of amides is 1. The number of rotatable bonds is 7. The first-order valence-corrected chi connectivity index (χ1v) is 12.5. The highest BCUT2D eigenvalue weighted by molar-refractivity contribution is 7.89. The topological polar surface area (TPSA) is 75.7 Å². The van der Waals surface area contributed by atoms with E-state index in [0.717, 1.165) is 12.1 Å². The number of nitrogens with one attached hydrogen (secondary N) is 1. The summed E-state index contributed by atoms with van der Waals surface area (Å²) >= 11 is 0. The lowest BCUT2D eigenvalue weighted by molar-refractivity contribution is -0.157. The highest BCUT2D eigenvalue weighted by Gasteiger charge is 2.62. The summed E-state index contributed by atoms with van der Waals surface area (Å²) in [5.41, 5.74) is -2.08. The summed E-state index contributed by atoms with van der Waals surface area (Å²) in [6.07, 6.45) is 0.396. The molecular weight excluding hydrogens is 469 g/mol. The summed E-state index contributed by atoms with van der Waals surface area (Å²) in [4.78, 5) is 14.6. The Bertz CT molecular complexity index is 1440. The van der Waals surface area contributed by atoms with Crippen LogP contribution >= 0.6 is 0 Å². The molecule has 5 rings (SSSR count). The number of sulfonamides is 1. The van der Waals surface area contributed by atoms with Gasteiger partial charge in [0, 0.05) is 30.0 Å². The van der Waals surface area contributed by atoms with E-state index in [1.807, 2.05) is 0 Å². The molecule has 1 aliphatic carbocycles. The molecule has 182 valence electrons. The molecule has 1 spiro atoms. The summed E-state index contributed by atoms with van der Waals surface area (Å²) < 4.78 is 116. The SMILES string of the molecule is [2H]c1c([2H])c([2H])c(-c2cc(F)cc(C[C@H]3[C@@H](NS(=O)(=O)CF)C4(CC4)CN3C(=O)[C@H]3CCO3)c2F)c([2H])c1[2H]. The average Bonchev–Trinajstić information content (AvgIpc) is 3.58. The molecule has 0 aromatic heterocycles. The van der Waals surface area contributed by atoms with Gasteiger partial charge >= 0.3 is 0 Å². The molecule has 10 heteroatoms. The van der Waals surface area contributed by atoms with Crippen LogP contribution in [0.5, 0.6) is 0 Å². The number of benzene rings is 2. The number of carbonyl (C=O) groups is 1. The molecule has 3 aliphatic rings. The second-order valence-corrected chi connectivity index (χ2v) is 10.7. The van der Waals surface area contributed by atoms with Gasteiger partial charge in [0.15, 0.2) is 0 Å². The zero-order valence-corrected chi connectivity index (χ0v) is 18.8. The van der Waals surface area contributed by atoms with Crippen LogP contribution in [0.25, 0.3) is 11.1 Å². The molecule has 2 aromatic rings. The molecule has 0 bridgehead atoms. The van der Waals surface area contributed by atoms with E-state index in [9.17, 15) is 22.0 Å². The van der Waals surface area contributed by atoms with E-state index in [1.54, 1.807) is 0 Å². The Hall–Kier alpha value is -2.43. The van der Waals surface area contributed by atoms with E-state index in [0.29, 0.717) is 25.9 Å². The van der Waals surface area contributed by atoms with Gasteiger partial charge in [0.05, 0.1) is 19.5 Å². The molecule has 1 saturated carbocycles. The van der Waals surface area contributed by atoms with Crippen molar-refractivity contribution in [3.63, 3.8) is 0 Å². The fourth-order valence-electron chi connectivity index (χ4n) is 4.87. The van der Waals surface area contributed by atoms with Crippen molar-refractivity contribution in [2.75, 3.05) is 19.2 Å². The number of nitrogens with zero attached hydrogens (tertiary/aromatic N) is 1. The van der Waals surface area contributed by atoms with Gasteiger partial charge in [-0.15, -0.1) is 0 Å². The van der Waals surface area contributed by atoms with Gasteiger partial charge in [-0.1, -0.05) is 30.2 Å². The van der Waals surface area contributed by atoms with Crippen LogP contribution < -0.4 is 4.72 Å². The van der Waals surface area contributed by atoms with Crippen molar-refractivity contribution in [1.29, 1.82) is 0 Å². The first kappa shape index (κ1) is 17.9. The van der Waals surface area contributed by atoms with Crippen LogP contribution in [0.1, 0.15) is 31.7 Å². The Labute approximate surface area is 203 Å². The van der Waals surface area contributed by atoms with E-state index in [2.05, 4.69) is 4.72 Å². The van der Waals surface area contributed by atoms with Crippen molar-refractivity contribution in [1.82, 2.24) is 9.62 Å². The maximum atomic E-state index is 16.0. The molecule has 0 radical (unpaired) electrons. The fraction of sp³-hybridized carbons (Fsp3) is 0.458. The Balaban J connectivity index is 1.60. The molecule has 2 saturated heterocycles. The Morgan fingerprint density at radius 2 is 1.94 bits per heavy atom. The average molecular weight is 500 g/mol. The molecule has 6 nitrogen and oxygen atoms in total. The van der Waals surface area contributed by atoms with Crippen molar-refractivity contribution in [2.24, 2.45) is 5.41 Å². The zero-order valence-electron chi connectivity index (χ0n) is 23.0. The zero-order chi connectivity index (χ0) is 28.4. The number of carbonyl (C=O) groups excluding carboxylic acids is 1. The van der Waals surface area contributed by atoms with E-state index in [-0.39, 0.29) is 18.5 Å². The number of hydrogen-bond acceptors (Lipinski definition) is 4. The number of hydrogen-bond donors (Lipinski definition) is 1. The van der Waals surface area contributed by atoms with Gasteiger partial charge in [-0.2, -0.15) is 0 Å². The minimum atomic E-state index is -4.38. The van der Waals surface area contributed by atoms with Crippen molar-refractivity contribution in [3.8, 4) is 11.1 Å². The van der Waals surface area contributed by atoms with Crippen LogP contribution in [0, 0.1) is 17.0 Å². The summed E-state index contributed by atoms with van der Waals surface area (Å²) in [6.45, 7) is 0.501. The summed E-state index contributed by atoms with van der Waals surface area (Å²) in [6, 6.07) is -5.69. The molecule has 2 aromatic carbocycles. The number of ether oxygens (including phenoxy) is 1. The van der Waals surface area contributed by atoms with Gasteiger partial charge in [-0.3, -0.25) is 4.79 Å². The molecule has 1 amide bonds. The van der Waals surface area contributed by atoms with Crippen molar-refractivity contribution in [2.45, 2.75) is 43.9 Å².